The monoisotopic (exact) mass is 213 g/mol. The van der Waals surface area contributed by atoms with E-state index in [2.05, 4.69) is 15.5 Å². The van der Waals surface area contributed by atoms with Gasteiger partial charge in [-0.1, -0.05) is 5.16 Å². The van der Waals surface area contributed by atoms with Crippen molar-refractivity contribution in [3.05, 3.63) is 12.2 Å². The van der Waals surface area contributed by atoms with E-state index in [0.29, 0.717) is 18.7 Å². The number of carbonyl (C=O) groups is 1. The van der Waals surface area contributed by atoms with Crippen molar-refractivity contribution in [3.63, 3.8) is 0 Å². The number of unbranched alkanes of at least 4 members (excludes halogenated alkanes) is 1. The van der Waals surface area contributed by atoms with Crippen LogP contribution in [0, 0.1) is 0 Å². The lowest BCUT2D eigenvalue weighted by Gasteiger charge is -2.01. The molecule has 0 aromatic carbocycles. The molecule has 1 aromatic rings. The first-order valence-corrected chi connectivity index (χ1v) is 4.97. The van der Waals surface area contributed by atoms with Gasteiger partial charge in [-0.3, -0.25) is 4.79 Å². The summed E-state index contributed by atoms with van der Waals surface area (Å²) in [6, 6.07) is 0. The molecule has 2 N–H and O–H groups in total. The lowest BCUT2D eigenvalue weighted by molar-refractivity contribution is -0.137. The van der Waals surface area contributed by atoms with Crippen LogP contribution in [0.25, 0.3) is 0 Å². The smallest absolute Gasteiger partial charge is 0.303 e. The molecule has 0 saturated carbocycles. The van der Waals surface area contributed by atoms with Gasteiger partial charge in [0, 0.05) is 19.4 Å². The molecule has 0 spiro atoms. The molecule has 1 aromatic heterocycles. The zero-order valence-corrected chi connectivity index (χ0v) is 8.48. The van der Waals surface area contributed by atoms with Crippen LogP contribution in [0.1, 0.15) is 25.2 Å². The standard InChI is InChI=1S/C9H15N3O3/c13-9(14)3-1-2-5-10-6-4-8-11-7-12-15-8/h7,10H,1-6H2,(H,13,14). The lowest BCUT2D eigenvalue weighted by atomic mass is 10.2. The van der Waals surface area contributed by atoms with E-state index in [1.54, 1.807) is 0 Å². The number of nitrogens with zero attached hydrogens (tertiary/aromatic N) is 2. The summed E-state index contributed by atoms with van der Waals surface area (Å²) >= 11 is 0. The van der Waals surface area contributed by atoms with Crippen LogP contribution in [0.5, 0.6) is 0 Å². The van der Waals surface area contributed by atoms with Crippen molar-refractivity contribution in [2.45, 2.75) is 25.7 Å². The summed E-state index contributed by atoms with van der Waals surface area (Å²) in [5, 5.41) is 15.1. The normalized spacial score (nSPS) is 10.4. The van der Waals surface area contributed by atoms with Crippen LogP contribution >= 0.6 is 0 Å². The molecular weight excluding hydrogens is 198 g/mol. The van der Waals surface area contributed by atoms with Crippen LogP contribution in [-0.4, -0.2) is 34.3 Å². The molecule has 0 saturated heterocycles. The lowest BCUT2D eigenvalue weighted by Crippen LogP contribution is -2.18. The van der Waals surface area contributed by atoms with Gasteiger partial charge in [0.25, 0.3) is 0 Å². The number of rotatable bonds is 8. The van der Waals surface area contributed by atoms with E-state index in [1.165, 1.54) is 6.33 Å². The predicted octanol–water partition coefficient (Wildman–Crippen LogP) is 0.457. The van der Waals surface area contributed by atoms with Gasteiger partial charge in [0.2, 0.25) is 5.89 Å². The molecule has 15 heavy (non-hydrogen) atoms. The van der Waals surface area contributed by atoms with Crippen LogP contribution in [-0.2, 0) is 11.2 Å². The Morgan fingerprint density at radius 3 is 3.00 bits per heavy atom. The van der Waals surface area contributed by atoms with Crippen LogP contribution in [0.4, 0.5) is 0 Å². The van der Waals surface area contributed by atoms with Crippen molar-refractivity contribution >= 4 is 5.97 Å². The molecule has 0 fully saturated rings. The van der Waals surface area contributed by atoms with Gasteiger partial charge in [-0.15, -0.1) is 0 Å². The fourth-order valence-corrected chi connectivity index (χ4v) is 1.15. The highest BCUT2D eigenvalue weighted by molar-refractivity contribution is 5.66. The minimum atomic E-state index is -0.735. The first kappa shape index (κ1) is 11.6. The van der Waals surface area contributed by atoms with Crippen molar-refractivity contribution in [3.8, 4) is 0 Å². The topological polar surface area (TPSA) is 88.2 Å². The minimum Gasteiger partial charge on any atom is -0.481 e. The predicted molar refractivity (Wildman–Crippen MR) is 52.4 cm³/mol. The number of aromatic nitrogens is 2. The molecule has 0 amide bonds. The molecule has 0 bridgehead atoms. The molecular formula is C9H15N3O3. The number of carboxylic acids is 1. The van der Waals surface area contributed by atoms with E-state index in [0.717, 1.165) is 19.5 Å². The van der Waals surface area contributed by atoms with Crippen LogP contribution in [0.3, 0.4) is 0 Å². The number of hydrogen-bond donors (Lipinski definition) is 2. The van der Waals surface area contributed by atoms with E-state index in [1.807, 2.05) is 0 Å². The van der Waals surface area contributed by atoms with Gasteiger partial charge in [-0.2, -0.15) is 4.98 Å². The highest BCUT2D eigenvalue weighted by Crippen LogP contribution is 1.94. The molecule has 0 radical (unpaired) electrons. The number of nitrogens with one attached hydrogen (secondary N) is 1. The molecule has 84 valence electrons. The zero-order chi connectivity index (χ0) is 10.9. The quantitative estimate of drug-likeness (QED) is 0.610. The second-order valence-electron chi connectivity index (χ2n) is 3.19. The average Bonchev–Trinajstić information content (AvgIpc) is 2.68. The van der Waals surface area contributed by atoms with Crippen molar-refractivity contribution in [2.75, 3.05) is 13.1 Å². The van der Waals surface area contributed by atoms with Crippen molar-refractivity contribution in [2.24, 2.45) is 0 Å². The summed E-state index contributed by atoms with van der Waals surface area (Å²) in [5.74, 6) is -0.117. The Labute approximate surface area is 87.7 Å². The van der Waals surface area contributed by atoms with Gasteiger partial charge in [-0.05, 0) is 19.4 Å². The Morgan fingerprint density at radius 2 is 2.33 bits per heavy atom. The van der Waals surface area contributed by atoms with Crippen LogP contribution in [0.15, 0.2) is 10.9 Å². The third kappa shape index (κ3) is 5.79. The minimum absolute atomic E-state index is 0.241. The average molecular weight is 213 g/mol. The highest BCUT2D eigenvalue weighted by atomic mass is 16.5. The summed E-state index contributed by atoms with van der Waals surface area (Å²) in [4.78, 5) is 14.1. The van der Waals surface area contributed by atoms with E-state index >= 15 is 0 Å². The molecule has 6 heteroatoms. The number of aliphatic carboxylic acids is 1. The molecule has 0 aliphatic heterocycles. The fourth-order valence-electron chi connectivity index (χ4n) is 1.15. The third-order valence-electron chi connectivity index (χ3n) is 1.92. The van der Waals surface area contributed by atoms with E-state index in [9.17, 15) is 4.79 Å². The first-order valence-electron chi connectivity index (χ1n) is 4.97. The SMILES string of the molecule is O=C(O)CCCCNCCc1ncno1. The summed E-state index contributed by atoms with van der Waals surface area (Å²) in [6.07, 6.45) is 3.91. The molecule has 6 nitrogen and oxygen atoms in total. The molecule has 1 rings (SSSR count). The Balaban J connectivity index is 1.87. The summed E-state index contributed by atoms with van der Waals surface area (Å²) in [7, 11) is 0. The molecule has 1 heterocycles. The Hall–Kier alpha value is -1.43. The summed E-state index contributed by atoms with van der Waals surface area (Å²) in [6.45, 7) is 1.59. The van der Waals surface area contributed by atoms with Gasteiger partial charge in [0.05, 0.1) is 0 Å². The van der Waals surface area contributed by atoms with E-state index in [-0.39, 0.29) is 6.42 Å². The largest absolute Gasteiger partial charge is 0.481 e. The number of carboxylic acid groups (broad SMARTS) is 1. The summed E-state index contributed by atoms with van der Waals surface area (Å²) < 4.78 is 4.81. The maximum atomic E-state index is 10.2. The van der Waals surface area contributed by atoms with Crippen LogP contribution < -0.4 is 5.32 Å². The second-order valence-corrected chi connectivity index (χ2v) is 3.19. The maximum Gasteiger partial charge on any atom is 0.303 e. The molecule has 0 atom stereocenters. The maximum absolute atomic E-state index is 10.2. The first-order chi connectivity index (χ1) is 7.29. The van der Waals surface area contributed by atoms with Crippen molar-refractivity contribution < 1.29 is 14.4 Å². The third-order valence-corrected chi connectivity index (χ3v) is 1.92. The fraction of sp³-hybridized carbons (Fsp3) is 0.667. The summed E-state index contributed by atoms with van der Waals surface area (Å²) in [5.41, 5.74) is 0. The Bertz CT molecular complexity index is 274. The number of hydrogen-bond acceptors (Lipinski definition) is 5. The van der Waals surface area contributed by atoms with Gasteiger partial charge >= 0.3 is 5.97 Å². The van der Waals surface area contributed by atoms with Crippen molar-refractivity contribution in [1.29, 1.82) is 0 Å². The Kier molecular flexibility index (Phi) is 5.39. The highest BCUT2D eigenvalue weighted by Gasteiger charge is 1.98. The molecule has 0 aliphatic carbocycles. The molecule has 0 unspecified atom stereocenters. The van der Waals surface area contributed by atoms with Crippen molar-refractivity contribution in [1.82, 2.24) is 15.5 Å². The van der Waals surface area contributed by atoms with E-state index in [4.69, 9.17) is 9.63 Å². The van der Waals surface area contributed by atoms with Gasteiger partial charge in [-0.25, -0.2) is 0 Å². The Morgan fingerprint density at radius 1 is 1.47 bits per heavy atom. The zero-order valence-electron chi connectivity index (χ0n) is 8.48. The second kappa shape index (κ2) is 6.94. The van der Waals surface area contributed by atoms with Gasteiger partial charge < -0.3 is 14.9 Å². The van der Waals surface area contributed by atoms with Gasteiger partial charge in [0.15, 0.2) is 6.33 Å². The van der Waals surface area contributed by atoms with Gasteiger partial charge in [0.1, 0.15) is 0 Å². The van der Waals surface area contributed by atoms with Crippen LogP contribution in [0.2, 0.25) is 0 Å². The van der Waals surface area contributed by atoms with E-state index < -0.39 is 5.97 Å². The molecule has 0 aliphatic rings.